The highest BCUT2D eigenvalue weighted by Crippen LogP contribution is 2.28. The Labute approximate surface area is 107 Å². The molecule has 5 heteroatoms. The molecule has 0 saturated heterocycles. The fourth-order valence-electron chi connectivity index (χ4n) is 1.78. The van der Waals surface area contributed by atoms with Gasteiger partial charge in [0.2, 0.25) is 0 Å². The van der Waals surface area contributed by atoms with Crippen molar-refractivity contribution in [1.82, 2.24) is 10.2 Å². The molecule has 0 aliphatic carbocycles. The van der Waals surface area contributed by atoms with Crippen molar-refractivity contribution >= 4 is 21.9 Å². The molecule has 0 atom stereocenters. The Hall–Kier alpha value is -1.62. The van der Waals surface area contributed by atoms with Crippen molar-refractivity contribution in [3.05, 3.63) is 40.1 Å². The highest BCUT2D eigenvalue weighted by molar-refractivity contribution is 9.10. The van der Waals surface area contributed by atoms with E-state index in [4.69, 9.17) is 5.11 Å². The lowest BCUT2D eigenvalue weighted by Gasteiger charge is -2.03. The average molecular weight is 295 g/mol. The van der Waals surface area contributed by atoms with Gasteiger partial charge in [0.1, 0.15) is 0 Å². The van der Waals surface area contributed by atoms with Crippen molar-refractivity contribution in [2.45, 2.75) is 13.3 Å². The first kappa shape index (κ1) is 11.9. The van der Waals surface area contributed by atoms with Crippen LogP contribution in [0.2, 0.25) is 0 Å². The molecule has 0 aliphatic heterocycles. The molecule has 1 aromatic heterocycles. The Kier molecular flexibility index (Phi) is 3.28. The van der Waals surface area contributed by atoms with Gasteiger partial charge in [-0.25, -0.2) is 0 Å². The summed E-state index contributed by atoms with van der Waals surface area (Å²) in [5.74, 6) is -0.882. The van der Waals surface area contributed by atoms with Crippen LogP contribution in [-0.4, -0.2) is 21.3 Å². The number of carbonyl (C=O) groups is 1. The number of nitrogens with zero attached hydrogens (tertiary/aromatic N) is 1. The standard InChI is InChI=1S/C12H11BrN2O2/c1-7-12(8-3-2-4-9(13)5-8)10(15-14-7)6-11(16)17/h2-5H,6H2,1H3,(H,14,15)(H,16,17). The lowest BCUT2D eigenvalue weighted by Crippen LogP contribution is -2.01. The van der Waals surface area contributed by atoms with Crippen LogP contribution in [0.4, 0.5) is 0 Å². The zero-order chi connectivity index (χ0) is 12.4. The Morgan fingerprint density at radius 1 is 1.53 bits per heavy atom. The quantitative estimate of drug-likeness (QED) is 0.915. The zero-order valence-electron chi connectivity index (χ0n) is 9.20. The van der Waals surface area contributed by atoms with Crippen LogP contribution >= 0.6 is 15.9 Å². The summed E-state index contributed by atoms with van der Waals surface area (Å²) >= 11 is 3.40. The minimum absolute atomic E-state index is 0.0772. The largest absolute Gasteiger partial charge is 0.481 e. The number of hydrogen-bond donors (Lipinski definition) is 2. The summed E-state index contributed by atoms with van der Waals surface area (Å²) in [5, 5.41) is 15.7. The number of H-pyrrole nitrogens is 1. The van der Waals surface area contributed by atoms with E-state index >= 15 is 0 Å². The molecule has 2 N–H and O–H groups in total. The summed E-state index contributed by atoms with van der Waals surface area (Å²) in [6, 6.07) is 7.73. The predicted octanol–water partition coefficient (Wildman–Crippen LogP) is 2.77. The van der Waals surface area contributed by atoms with Gasteiger partial charge in [0.15, 0.2) is 0 Å². The Bertz CT molecular complexity index is 563. The summed E-state index contributed by atoms with van der Waals surface area (Å²) in [6.45, 7) is 1.88. The van der Waals surface area contributed by atoms with Gasteiger partial charge in [0.25, 0.3) is 0 Å². The van der Waals surface area contributed by atoms with Gasteiger partial charge in [-0.1, -0.05) is 28.1 Å². The van der Waals surface area contributed by atoms with Crippen molar-refractivity contribution in [3.63, 3.8) is 0 Å². The van der Waals surface area contributed by atoms with Gasteiger partial charge in [-0.05, 0) is 24.6 Å². The summed E-state index contributed by atoms with van der Waals surface area (Å²) in [6.07, 6.45) is -0.0772. The molecular formula is C12H11BrN2O2. The van der Waals surface area contributed by atoms with Gasteiger partial charge in [0.05, 0.1) is 12.1 Å². The highest BCUT2D eigenvalue weighted by Gasteiger charge is 2.15. The van der Waals surface area contributed by atoms with Crippen LogP contribution in [0.15, 0.2) is 28.7 Å². The molecule has 2 rings (SSSR count). The van der Waals surface area contributed by atoms with E-state index < -0.39 is 5.97 Å². The van der Waals surface area contributed by atoms with Gasteiger partial charge in [0, 0.05) is 15.7 Å². The van der Waals surface area contributed by atoms with E-state index in [0.717, 1.165) is 21.3 Å². The molecule has 0 aliphatic rings. The molecule has 4 nitrogen and oxygen atoms in total. The monoisotopic (exact) mass is 294 g/mol. The first-order valence-corrected chi connectivity index (χ1v) is 5.89. The predicted molar refractivity (Wildman–Crippen MR) is 67.8 cm³/mol. The summed E-state index contributed by atoms with van der Waals surface area (Å²) in [7, 11) is 0. The van der Waals surface area contributed by atoms with Gasteiger partial charge >= 0.3 is 5.97 Å². The molecule has 88 valence electrons. The Morgan fingerprint density at radius 3 is 2.94 bits per heavy atom. The van der Waals surface area contributed by atoms with E-state index in [-0.39, 0.29) is 6.42 Å². The maximum absolute atomic E-state index is 10.8. The third-order valence-corrected chi connectivity index (χ3v) is 2.95. The topological polar surface area (TPSA) is 66.0 Å². The van der Waals surface area contributed by atoms with E-state index in [0.29, 0.717) is 5.69 Å². The minimum atomic E-state index is -0.882. The number of aryl methyl sites for hydroxylation is 1. The second kappa shape index (κ2) is 4.71. The van der Waals surface area contributed by atoms with Crippen molar-refractivity contribution in [3.8, 4) is 11.1 Å². The van der Waals surface area contributed by atoms with E-state index in [9.17, 15) is 4.79 Å². The second-order valence-electron chi connectivity index (χ2n) is 3.75. The third-order valence-electron chi connectivity index (χ3n) is 2.45. The van der Waals surface area contributed by atoms with Crippen LogP contribution < -0.4 is 0 Å². The first-order valence-electron chi connectivity index (χ1n) is 5.09. The number of rotatable bonds is 3. The molecule has 17 heavy (non-hydrogen) atoms. The normalized spacial score (nSPS) is 10.5. The molecule has 0 unspecified atom stereocenters. The molecule has 0 saturated carbocycles. The number of hydrogen-bond acceptors (Lipinski definition) is 2. The average Bonchev–Trinajstić information content (AvgIpc) is 2.59. The number of carboxylic acids is 1. The van der Waals surface area contributed by atoms with Gasteiger partial charge < -0.3 is 5.11 Å². The van der Waals surface area contributed by atoms with Crippen molar-refractivity contribution in [1.29, 1.82) is 0 Å². The molecule has 1 heterocycles. The van der Waals surface area contributed by atoms with E-state index in [1.165, 1.54) is 0 Å². The Morgan fingerprint density at radius 2 is 2.29 bits per heavy atom. The van der Waals surface area contributed by atoms with Crippen molar-refractivity contribution in [2.24, 2.45) is 0 Å². The third kappa shape index (κ3) is 2.55. The molecular weight excluding hydrogens is 284 g/mol. The zero-order valence-corrected chi connectivity index (χ0v) is 10.8. The molecule has 2 aromatic rings. The van der Waals surface area contributed by atoms with Crippen LogP contribution in [0, 0.1) is 6.92 Å². The molecule has 0 spiro atoms. The van der Waals surface area contributed by atoms with Crippen LogP contribution in [-0.2, 0) is 11.2 Å². The van der Waals surface area contributed by atoms with Crippen LogP contribution in [0.5, 0.6) is 0 Å². The lowest BCUT2D eigenvalue weighted by molar-refractivity contribution is -0.136. The number of aromatic amines is 1. The maximum atomic E-state index is 10.8. The van der Waals surface area contributed by atoms with Gasteiger partial charge in [-0.15, -0.1) is 0 Å². The van der Waals surface area contributed by atoms with E-state index in [1.54, 1.807) is 0 Å². The minimum Gasteiger partial charge on any atom is -0.481 e. The van der Waals surface area contributed by atoms with Crippen molar-refractivity contribution < 1.29 is 9.90 Å². The summed E-state index contributed by atoms with van der Waals surface area (Å²) in [4.78, 5) is 10.8. The van der Waals surface area contributed by atoms with Crippen LogP contribution in [0.3, 0.4) is 0 Å². The SMILES string of the molecule is Cc1[nH]nc(CC(=O)O)c1-c1cccc(Br)c1. The molecule has 1 aromatic carbocycles. The second-order valence-corrected chi connectivity index (χ2v) is 4.67. The first-order chi connectivity index (χ1) is 8.08. The van der Waals surface area contributed by atoms with E-state index in [2.05, 4.69) is 26.1 Å². The van der Waals surface area contributed by atoms with E-state index in [1.807, 2.05) is 31.2 Å². The fraction of sp³-hybridized carbons (Fsp3) is 0.167. The highest BCUT2D eigenvalue weighted by atomic mass is 79.9. The molecule has 0 amide bonds. The number of halogens is 1. The van der Waals surface area contributed by atoms with Crippen LogP contribution in [0.1, 0.15) is 11.4 Å². The number of aromatic nitrogens is 2. The van der Waals surface area contributed by atoms with Crippen LogP contribution in [0.25, 0.3) is 11.1 Å². The van der Waals surface area contributed by atoms with Gasteiger partial charge in [-0.2, -0.15) is 5.10 Å². The number of aliphatic carboxylic acids is 1. The van der Waals surface area contributed by atoms with Gasteiger partial charge in [-0.3, -0.25) is 9.89 Å². The summed E-state index contributed by atoms with van der Waals surface area (Å²) in [5.41, 5.74) is 3.27. The maximum Gasteiger partial charge on any atom is 0.309 e. The Balaban J connectivity index is 2.50. The fourth-order valence-corrected chi connectivity index (χ4v) is 2.18. The molecule has 0 fully saturated rings. The molecule has 0 bridgehead atoms. The smallest absolute Gasteiger partial charge is 0.309 e. The lowest BCUT2D eigenvalue weighted by atomic mass is 10.0. The van der Waals surface area contributed by atoms with Crippen molar-refractivity contribution in [2.75, 3.05) is 0 Å². The number of carboxylic acid groups (broad SMARTS) is 1. The number of nitrogens with one attached hydrogen (secondary N) is 1. The molecule has 0 radical (unpaired) electrons. The number of benzene rings is 1. The summed E-state index contributed by atoms with van der Waals surface area (Å²) < 4.78 is 0.955.